The first-order valence-corrected chi connectivity index (χ1v) is 8.18. The second kappa shape index (κ2) is 7.31. The summed E-state index contributed by atoms with van der Waals surface area (Å²) in [6, 6.07) is 11.8. The summed E-state index contributed by atoms with van der Waals surface area (Å²) in [6.07, 6.45) is 0. The maximum absolute atomic E-state index is 12.2. The van der Waals surface area contributed by atoms with E-state index in [0.717, 1.165) is 0 Å². The molecule has 28 heavy (non-hydrogen) atoms. The topological polar surface area (TPSA) is 129 Å². The average molecular weight is 378 g/mol. The molecule has 3 aromatic rings. The summed E-state index contributed by atoms with van der Waals surface area (Å²) < 4.78 is 0. The predicted octanol–water partition coefficient (Wildman–Crippen LogP) is 4.14. The first-order valence-electron chi connectivity index (χ1n) is 8.18. The van der Waals surface area contributed by atoms with Crippen LogP contribution in [0.2, 0.25) is 0 Å². The van der Waals surface area contributed by atoms with Gasteiger partial charge in [-0.25, -0.2) is 9.97 Å². The second-order valence-corrected chi connectivity index (χ2v) is 5.96. The van der Waals surface area contributed by atoms with Crippen LogP contribution in [0.25, 0.3) is 22.6 Å². The van der Waals surface area contributed by atoms with Gasteiger partial charge in [-0.05, 0) is 26.0 Å². The van der Waals surface area contributed by atoms with Crippen LogP contribution in [0.1, 0.15) is 23.0 Å². The summed E-state index contributed by atoms with van der Waals surface area (Å²) >= 11 is 0. The molecule has 0 radical (unpaired) electrons. The van der Waals surface area contributed by atoms with Crippen LogP contribution in [0.3, 0.4) is 0 Å². The van der Waals surface area contributed by atoms with Gasteiger partial charge in [-0.1, -0.05) is 24.3 Å². The molecule has 0 N–H and O–H groups in total. The van der Waals surface area contributed by atoms with E-state index >= 15 is 0 Å². The summed E-state index contributed by atoms with van der Waals surface area (Å²) in [4.78, 5) is 42.5. The van der Waals surface area contributed by atoms with E-state index in [1.807, 2.05) is 0 Å². The molecular formula is C19H14N4O5. The van der Waals surface area contributed by atoms with E-state index in [0.29, 0.717) is 0 Å². The zero-order valence-corrected chi connectivity index (χ0v) is 14.9. The van der Waals surface area contributed by atoms with Gasteiger partial charge in [-0.15, -0.1) is 0 Å². The molecule has 0 atom stereocenters. The molecule has 0 amide bonds. The maximum Gasteiger partial charge on any atom is 0.280 e. The van der Waals surface area contributed by atoms with Crippen LogP contribution in [0, 0.1) is 27.2 Å². The van der Waals surface area contributed by atoms with Gasteiger partial charge in [-0.3, -0.25) is 25.0 Å². The Morgan fingerprint density at radius 2 is 1.36 bits per heavy atom. The van der Waals surface area contributed by atoms with Gasteiger partial charge in [0.25, 0.3) is 11.4 Å². The largest absolute Gasteiger partial charge is 0.294 e. The van der Waals surface area contributed by atoms with Crippen molar-refractivity contribution in [2.45, 2.75) is 13.8 Å². The molecule has 0 saturated heterocycles. The highest BCUT2D eigenvalue weighted by Gasteiger charge is 2.25. The van der Waals surface area contributed by atoms with Gasteiger partial charge in [0.05, 0.1) is 37.9 Å². The van der Waals surface area contributed by atoms with Crippen molar-refractivity contribution in [1.29, 1.82) is 0 Å². The highest BCUT2D eigenvalue weighted by molar-refractivity contribution is 6.02. The van der Waals surface area contributed by atoms with Crippen LogP contribution in [0.5, 0.6) is 0 Å². The highest BCUT2D eigenvalue weighted by Crippen LogP contribution is 2.35. The Kier molecular flexibility index (Phi) is 4.90. The van der Waals surface area contributed by atoms with Crippen molar-refractivity contribution in [3.8, 4) is 22.6 Å². The smallest absolute Gasteiger partial charge is 0.280 e. The van der Waals surface area contributed by atoms with Crippen molar-refractivity contribution in [2.75, 3.05) is 0 Å². The third-order valence-corrected chi connectivity index (χ3v) is 4.14. The Bertz CT molecular complexity index is 1130. The number of hydrogen-bond donors (Lipinski definition) is 0. The number of carbonyl (C=O) groups excluding carboxylic acids is 1. The number of nitro groups is 2. The first-order chi connectivity index (χ1) is 13.3. The average Bonchev–Trinajstić information content (AvgIpc) is 2.66. The molecule has 2 aromatic carbocycles. The molecule has 0 bridgehead atoms. The van der Waals surface area contributed by atoms with Crippen LogP contribution in [-0.4, -0.2) is 25.6 Å². The second-order valence-electron chi connectivity index (χ2n) is 5.96. The zero-order valence-electron chi connectivity index (χ0n) is 14.9. The van der Waals surface area contributed by atoms with Crippen molar-refractivity contribution in [2.24, 2.45) is 0 Å². The molecular weight excluding hydrogens is 364 g/mol. The number of carbonyl (C=O) groups is 1. The lowest BCUT2D eigenvalue weighted by atomic mass is 9.99. The van der Waals surface area contributed by atoms with Gasteiger partial charge >= 0.3 is 0 Å². The highest BCUT2D eigenvalue weighted by atomic mass is 16.6. The number of nitrogens with zero attached hydrogens (tertiary/aromatic N) is 4. The molecule has 0 aliphatic heterocycles. The Balaban J connectivity index is 2.37. The predicted molar refractivity (Wildman–Crippen MR) is 101 cm³/mol. The standard InChI is InChI=1S/C19H14N4O5/c1-11-17(12(2)24)18(13-7-3-5-9-15(13)22(25)26)21-19(20-11)14-8-4-6-10-16(14)23(27)28/h3-10H,1-2H3. The Labute approximate surface area is 159 Å². The maximum atomic E-state index is 12.2. The number of aryl methyl sites for hydroxylation is 1. The van der Waals surface area contributed by atoms with Crippen molar-refractivity contribution < 1.29 is 14.6 Å². The van der Waals surface area contributed by atoms with Crippen LogP contribution in [0.15, 0.2) is 48.5 Å². The van der Waals surface area contributed by atoms with Crippen molar-refractivity contribution in [3.05, 3.63) is 80.0 Å². The molecule has 3 rings (SSSR count). The third kappa shape index (κ3) is 3.32. The fraction of sp³-hybridized carbons (Fsp3) is 0.105. The number of hydrogen-bond acceptors (Lipinski definition) is 7. The lowest BCUT2D eigenvalue weighted by Crippen LogP contribution is -2.08. The SMILES string of the molecule is CC(=O)c1c(C)nc(-c2ccccc2[N+](=O)[O-])nc1-c1ccccc1[N+](=O)[O-]. The number of benzene rings is 2. The van der Waals surface area contributed by atoms with Gasteiger partial charge in [0, 0.05) is 12.1 Å². The molecule has 140 valence electrons. The number of rotatable bonds is 5. The van der Waals surface area contributed by atoms with E-state index in [1.165, 1.54) is 43.3 Å². The van der Waals surface area contributed by atoms with Gasteiger partial charge in [0.1, 0.15) is 0 Å². The molecule has 1 aromatic heterocycles. The normalized spacial score (nSPS) is 10.5. The first kappa shape index (κ1) is 18.8. The van der Waals surface area contributed by atoms with Crippen LogP contribution < -0.4 is 0 Å². The molecule has 0 aliphatic carbocycles. The number of ketones is 1. The quantitative estimate of drug-likeness (QED) is 0.370. The van der Waals surface area contributed by atoms with Crippen LogP contribution in [-0.2, 0) is 0 Å². The summed E-state index contributed by atoms with van der Waals surface area (Å²) in [5.41, 5.74) is 0.358. The van der Waals surface area contributed by atoms with E-state index in [9.17, 15) is 25.0 Å². The fourth-order valence-corrected chi connectivity index (χ4v) is 2.96. The monoisotopic (exact) mass is 378 g/mol. The number of Topliss-reactive ketones (excluding diaryl/α,β-unsaturated/α-hetero) is 1. The lowest BCUT2D eigenvalue weighted by molar-refractivity contribution is -0.384. The minimum atomic E-state index is -0.568. The fourth-order valence-electron chi connectivity index (χ4n) is 2.96. The Hall–Kier alpha value is -4.01. The van der Waals surface area contributed by atoms with Crippen LogP contribution >= 0.6 is 0 Å². The van der Waals surface area contributed by atoms with E-state index < -0.39 is 9.85 Å². The molecule has 0 unspecified atom stereocenters. The Morgan fingerprint density at radius 1 is 0.857 bits per heavy atom. The summed E-state index contributed by atoms with van der Waals surface area (Å²) in [7, 11) is 0. The minimum absolute atomic E-state index is 0.0166. The van der Waals surface area contributed by atoms with E-state index in [1.54, 1.807) is 19.1 Å². The zero-order chi connectivity index (χ0) is 20.4. The minimum Gasteiger partial charge on any atom is -0.294 e. The molecule has 0 fully saturated rings. The Morgan fingerprint density at radius 3 is 1.89 bits per heavy atom. The molecule has 9 heteroatoms. The third-order valence-electron chi connectivity index (χ3n) is 4.14. The van der Waals surface area contributed by atoms with Crippen molar-refractivity contribution in [3.63, 3.8) is 0 Å². The molecule has 0 saturated carbocycles. The molecule has 1 heterocycles. The van der Waals surface area contributed by atoms with Crippen LogP contribution in [0.4, 0.5) is 11.4 Å². The molecule has 9 nitrogen and oxygen atoms in total. The number of aromatic nitrogens is 2. The summed E-state index contributed by atoms with van der Waals surface area (Å²) in [5.74, 6) is -0.345. The van der Waals surface area contributed by atoms with E-state index in [2.05, 4.69) is 9.97 Å². The van der Waals surface area contributed by atoms with Gasteiger partial charge in [0.15, 0.2) is 11.6 Å². The van der Waals surface area contributed by atoms with E-state index in [4.69, 9.17) is 0 Å². The lowest BCUT2D eigenvalue weighted by Gasteiger charge is -2.12. The number of nitro benzene ring substituents is 2. The van der Waals surface area contributed by atoms with Crippen molar-refractivity contribution in [1.82, 2.24) is 9.97 Å². The van der Waals surface area contributed by atoms with E-state index in [-0.39, 0.29) is 51.1 Å². The summed E-state index contributed by atoms with van der Waals surface area (Å²) in [6.45, 7) is 2.88. The van der Waals surface area contributed by atoms with Gasteiger partial charge in [-0.2, -0.15) is 0 Å². The summed E-state index contributed by atoms with van der Waals surface area (Å²) in [5, 5.41) is 22.8. The van der Waals surface area contributed by atoms with Gasteiger partial charge in [0.2, 0.25) is 0 Å². The molecule has 0 aliphatic rings. The van der Waals surface area contributed by atoms with Crippen molar-refractivity contribution >= 4 is 17.2 Å². The van der Waals surface area contributed by atoms with Gasteiger partial charge < -0.3 is 0 Å². The molecule has 0 spiro atoms. The number of para-hydroxylation sites is 2.